The molecule has 0 bridgehead atoms. The van der Waals surface area contributed by atoms with Gasteiger partial charge in [-0.3, -0.25) is 4.79 Å². The highest BCUT2D eigenvalue weighted by Crippen LogP contribution is 2.30. The third kappa shape index (κ3) is 2.94. The van der Waals surface area contributed by atoms with Crippen molar-refractivity contribution in [2.24, 2.45) is 0 Å². The molecule has 1 fully saturated rings. The lowest BCUT2D eigenvalue weighted by atomic mass is 10.2. The molecule has 91 valence electrons. The van der Waals surface area contributed by atoms with E-state index < -0.39 is 11.7 Å². The molecular formula is C11H9F3NOS. The Balaban J connectivity index is 2.15. The summed E-state index contributed by atoms with van der Waals surface area (Å²) in [7, 11) is 0. The number of alkyl halides is 3. The minimum Gasteiger partial charge on any atom is -0.362 e. The minimum atomic E-state index is -4.34. The van der Waals surface area contributed by atoms with Gasteiger partial charge in [0.2, 0.25) is 5.12 Å². The number of thioether (sulfide) groups is 1. The Morgan fingerprint density at radius 1 is 1.35 bits per heavy atom. The zero-order valence-electron chi connectivity index (χ0n) is 8.75. The largest absolute Gasteiger partial charge is 0.416 e. The van der Waals surface area contributed by atoms with E-state index in [0.29, 0.717) is 18.0 Å². The monoisotopic (exact) mass is 260 g/mol. The van der Waals surface area contributed by atoms with E-state index in [2.05, 4.69) is 6.07 Å². The molecule has 0 spiro atoms. The first-order valence-corrected chi connectivity index (χ1v) is 5.95. The van der Waals surface area contributed by atoms with Gasteiger partial charge in [0, 0.05) is 24.1 Å². The van der Waals surface area contributed by atoms with Crippen LogP contribution < -0.4 is 4.90 Å². The number of carbonyl (C=O) groups excluding carboxylic acids is 1. The molecule has 0 saturated carbocycles. The fourth-order valence-electron chi connectivity index (χ4n) is 1.55. The third-order valence-electron chi connectivity index (χ3n) is 2.41. The van der Waals surface area contributed by atoms with Gasteiger partial charge in [-0.2, -0.15) is 13.2 Å². The maximum atomic E-state index is 12.3. The SMILES string of the molecule is O=C1CN(c2[c]cc(C(F)(F)F)cc2)CCS1. The van der Waals surface area contributed by atoms with Crippen LogP contribution in [0.3, 0.4) is 0 Å². The molecule has 0 atom stereocenters. The molecule has 0 amide bonds. The summed E-state index contributed by atoms with van der Waals surface area (Å²) in [6, 6.07) is 5.86. The molecule has 1 aromatic rings. The summed E-state index contributed by atoms with van der Waals surface area (Å²) < 4.78 is 37.0. The van der Waals surface area contributed by atoms with Crippen LogP contribution in [-0.4, -0.2) is 24.0 Å². The average molecular weight is 260 g/mol. The molecule has 1 radical (unpaired) electrons. The van der Waals surface area contributed by atoms with Gasteiger partial charge in [0.05, 0.1) is 12.1 Å². The van der Waals surface area contributed by atoms with Crippen LogP contribution in [0.4, 0.5) is 18.9 Å². The molecule has 1 aliphatic rings. The number of benzene rings is 1. The van der Waals surface area contributed by atoms with E-state index in [1.165, 1.54) is 17.8 Å². The first-order chi connectivity index (χ1) is 7.97. The van der Waals surface area contributed by atoms with E-state index in [9.17, 15) is 18.0 Å². The topological polar surface area (TPSA) is 20.3 Å². The highest BCUT2D eigenvalue weighted by atomic mass is 32.2. The van der Waals surface area contributed by atoms with E-state index >= 15 is 0 Å². The predicted octanol–water partition coefficient (Wildman–Crippen LogP) is 2.59. The van der Waals surface area contributed by atoms with Gasteiger partial charge in [-0.05, 0) is 18.2 Å². The summed E-state index contributed by atoms with van der Waals surface area (Å²) in [5.41, 5.74) is -0.189. The summed E-state index contributed by atoms with van der Waals surface area (Å²) in [5, 5.41) is 0.0320. The van der Waals surface area contributed by atoms with Crippen LogP contribution in [0.25, 0.3) is 0 Å². The number of hydrogen-bond donors (Lipinski definition) is 0. The normalized spacial score (nSPS) is 17.4. The molecule has 6 heteroatoms. The second-order valence-corrected chi connectivity index (χ2v) is 4.75. The number of carbonyl (C=O) groups is 1. The van der Waals surface area contributed by atoms with Gasteiger partial charge >= 0.3 is 6.18 Å². The van der Waals surface area contributed by atoms with Crippen molar-refractivity contribution in [1.82, 2.24) is 0 Å². The molecule has 1 heterocycles. The number of halogens is 3. The highest BCUT2D eigenvalue weighted by molar-refractivity contribution is 8.13. The van der Waals surface area contributed by atoms with Crippen LogP contribution in [-0.2, 0) is 11.0 Å². The fraction of sp³-hybridized carbons (Fsp3) is 0.364. The van der Waals surface area contributed by atoms with E-state index in [1.807, 2.05) is 0 Å². The molecule has 0 aliphatic carbocycles. The zero-order valence-corrected chi connectivity index (χ0v) is 9.57. The summed E-state index contributed by atoms with van der Waals surface area (Å²) in [4.78, 5) is 12.9. The number of anilines is 1. The molecule has 2 nitrogen and oxygen atoms in total. The Morgan fingerprint density at radius 2 is 2.12 bits per heavy atom. The Kier molecular flexibility index (Phi) is 3.33. The summed E-state index contributed by atoms with van der Waals surface area (Å²) in [5.74, 6) is 0.660. The molecule has 1 aromatic carbocycles. The van der Waals surface area contributed by atoms with Crippen molar-refractivity contribution in [3.8, 4) is 0 Å². The minimum absolute atomic E-state index is 0.0320. The third-order valence-corrected chi connectivity index (χ3v) is 3.25. The van der Waals surface area contributed by atoms with E-state index in [4.69, 9.17) is 0 Å². The summed E-state index contributed by atoms with van der Waals surface area (Å²) in [6.07, 6.45) is -4.34. The highest BCUT2D eigenvalue weighted by Gasteiger charge is 2.30. The van der Waals surface area contributed by atoms with Gasteiger partial charge in [-0.15, -0.1) is 0 Å². The molecule has 0 unspecified atom stereocenters. The standard InChI is InChI=1S/C11H9F3NOS/c12-11(13,14)8-1-3-9(4-2-8)15-5-6-17-10(16)7-15/h1-3H,5-7H2. The second-order valence-electron chi connectivity index (χ2n) is 3.60. The van der Waals surface area contributed by atoms with Gasteiger partial charge in [-0.1, -0.05) is 11.8 Å². The quantitative estimate of drug-likeness (QED) is 0.774. The number of nitrogens with zero attached hydrogens (tertiary/aromatic N) is 1. The van der Waals surface area contributed by atoms with Crippen molar-refractivity contribution in [2.75, 3.05) is 23.7 Å². The smallest absolute Gasteiger partial charge is 0.362 e. The lowest BCUT2D eigenvalue weighted by Crippen LogP contribution is -2.35. The van der Waals surface area contributed by atoms with Crippen molar-refractivity contribution in [2.45, 2.75) is 6.18 Å². The Labute approximate surface area is 101 Å². The summed E-state index contributed by atoms with van der Waals surface area (Å²) >= 11 is 1.25. The Hall–Kier alpha value is -1.17. The van der Waals surface area contributed by atoms with Crippen LogP contribution in [0.15, 0.2) is 18.2 Å². The van der Waals surface area contributed by atoms with E-state index in [1.54, 1.807) is 4.90 Å². The van der Waals surface area contributed by atoms with Crippen molar-refractivity contribution in [1.29, 1.82) is 0 Å². The van der Waals surface area contributed by atoms with Crippen molar-refractivity contribution in [3.63, 3.8) is 0 Å². The molecule has 1 saturated heterocycles. The van der Waals surface area contributed by atoms with Gasteiger partial charge in [0.1, 0.15) is 0 Å². The lowest BCUT2D eigenvalue weighted by Gasteiger charge is -2.27. The molecule has 17 heavy (non-hydrogen) atoms. The van der Waals surface area contributed by atoms with Crippen LogP contribution in [0.5, 0.6) is 0 Å². The molecular weight excluding hydrogens is 251 g/mol. The maximum absolute atomic E-state index is 12.3. The van der Waals surface area contributed by atoms with Gasteiger partial charge < -0.3 is 4.90 Å². The lowest BCUT2D eigenvalue weighted by molar-refractivity contribution is -0.137. The molecule has 0 N–H and O–H groups in total. The van der Waals surface area contributed by atoms with Gasteiger partial charge in [-0.25, -0.2) is 0 Å². The maximum Gasteiger partial charge on any atom is 0.416 e. The van der Waals surface area contributed by atoms with E-state index in [0.717, 1.165) is 12.1 Å². The molecule has 0 aromatic heterocycles. The Bertz CT molecular complexity index is 416. The van der Waals surface area contributed by atoms with Crippen LogP contribution >= 0.6 is 11.8 Å². The van der Waals surface area contributed by atoms with Crippen molar-refractivity contribution >= 4 is 22.6 Å². The zero-order chi connectivity index (χ0) is 12.5. The molecule has 1 aliphatic heterocycles. The predicted molar refractivity (Wildman–Crippen MR) is 60.0 cm³/mol. The van der Waals surface area contributed by atoms with E-state index in [-0.39, 0.29) is 11.7 Å². The average Bonchev–Trinajstić information content (AvgIpc) is 2.28. The van der Waals surface area contributed by atoms with Crippen LogP contribution in [0.2, 0.25) is 0 Å². The van der Waals surface area contributed by atoms with Crippen molar-refractivity contribution in [3.05, 3.63) is 29.8 Å². The fourth-order valence-corrected chi connectivity index (χ4v) is 2.33. The molecule has 2 rings (SSSR count). The Morgan fingerprint density at radius 3 is 2.65 bits per heavy atom. The number of hydrogen-bond acceptors (Lipinski definition) is 3. The van der Waals surface area contributed by atoms with Gasteiger partial charge in [0.15, 0.2) is 0 Å². The first kappa shape index (κ1) is 12.3. The summed E-state index contributed by atoms with van der Waals surface area (Å²) in [6.45, 7) is 0.880. The second kappa shape index (κ2) is 4.60. The first-order valence-electron chi connectivity index (χ1n) is 4.96. The van der Waals surface area contributed by atoms with Crippen LogP contribution in [0.1, 0.15) is 5.56 Å². The van der Waals surface area contributed by atoms with Gasteiger partial charge in [0.25, 0.3) is 0 Å². The number of rotatable bonds is 1. The van der Waals surface area contributed by atoms with Crippen LogP contribution in [0, 0.1) is 6.07 Å². The van der Waals surface area contributed by atoms with Crippen molar-refractivity contribution < 1.29 is 18.0 Å².